The molecule has 10 heteroatoms. The summed E-state index contributed by atoms with van der Waals surface area (Å²) in [5, 5.41) is 2.02. The second kappa shape index (κ2) is 7.06. The lowest BCUT2D eigenvalue weighted by molar-refractivity contribution is -0.185. The summed E-state index contributed by atoms with van der Waals surface area (Å²) in [7, 11) is 2.88. The normalized spacial score (nSPS) is 24.1. The quantitative estimate of drug-likeness (QED) is 0.442. The molecule has 1 fully saturated rings. The fraction of sp³-hybridized carbons (Fsp3) is 0.529. The molecule has 1 saturated heterocycles. The van der Waals surface area contributed by atoms with E-state index in [1.165, 1.54) is 27.4 Å². The number of carbonyl (C=O) groups is 2. The number of hydrogen-bond donors (Lipinski definition) is 0. The van der Waals surface area contributed by atoms with Crippen LogP contribution >= 0.6 is 11.6 Å². The van der Waals surface area contributed by atoms with Gasteiger partial charge >= 0.3 is 5.97 Å². The van der Waals surface area contributed by atoms with E-state index in [2.05, 4.69) is 9.97 Å². The van der Waals surface area contributed by atoms with E-state index in [9.17, 15) is 9.59 Å². The van der Waals surface area contributed by atoms with Crippen molar-refractivity contribution in [1.82, 2.24) is 19.6 Å². The van der Waals surface area contributed by atoms with E-state index in [1.54, 1.807) is 30.7 Å². The highest BCUT2D eigenvalue weighted by Crippen LogP contribution is 2.46. The number of ether oxygens (including phenoxy) is 2. The molecule has 0 N–H and O–H groups in total. The zero-order valence-corrected chi connectivity index (χ0v) is 16.4. The maximum absolute atomic E-state index is 12.7. The van der Waals surface area contributed by atoms with Crippen LogP contribution in [0.25, 0.3) is 11.0 Å². The van der Waals surface area contributed by atoms with E-state index in [-0.39, 0.29) is 5.91 Å². The van der Waals surface area contributed by atoms with Gasteiger partial charge in [-0.1, -0.05) is 25.4 Å². The molecule has 0 radical (unpaired) electrons. The van der Waals surface area contributed by atoms with Crippen molar-refractivity contribution in [1.29, 1.82) is 0 Å². The Kier molecular flexibility index (Phi) is 5.11. The van der Waals surface area contributed by atoms with Gasteiger partial charge in [0.2, 0.25) is 0 Å². The molecule has 0 spiro atoms. The molecule has 1 amide bonds. The van der Waals surface area contributed by atoms with Crippen molar-refractivity contribution < 1.29 is 23.9 Å². The van der Waals surface area contributed by atoms with Crippen LogP contribution in [0.2, 0.25) is 5.15 Å². The Morgan fingerprint density at radius 2 is 2.07 bits per heavy atom. The van der Waals surface area contributed by atoms with Gasteiger partial charge in [0.05, 0.1) is 12.5 Å². The van der Waals surface area contributed by atoms with E-state index in [1.807, 2.05) is 0 Å². The van der Waals surface area contributed by atoms with Crippen LogP contribution in [0.3, 0.4) is 0 Å². The van der Waals surface area contributed by atoms with E-state index in [0.29, 0.717) is 16.2 Å². The Hall–Kier alpha value is -2.23. The van der Waals surface area contributed by atoms with Crippen LogP contribution in [-0.2, 0) is 23.9 Å². The number of esters is 1. The van der Waals surface area contributed by atoms with Crippen molar-refractivity contribution in [2.24, 2.45) is 5.41 Å². The highest BCUT2D eigenvalue weighted by Gasteiger charge is 2.57. The highest BCUT2D eigenvalue weighted by molar-refractivity contribution is 6.33. The van der Waals surface area contributed by atoms with E-state index in [4.69, 9.17) is 25.9 Å². The van der Waals surface area contributed by atoms with Crippen LogP contribution < -0.4 is 0 Å². The standard InChI is InChI=1S/C17H21ClN4O5/c1-9(23)26-12-16(22-7-6-10-13(18)19-8-20-14(10)22)27-11(17(12,2)3)15(24)21(4)25-5/h6-8,11-12,16H,1-5H3/t11-,12?,16?/m1/s1. The summed E-state index contributed by atoms with van der Waals surface area (Å²) in [6.45, 7) is 4.93. The van der Waals surface area contributed by atoms with Crippen LogP contribution in [0.4, 0.5) is 0 Å². The molecular weight excluding hydrogens is 376 g/mol. The molecule has 0 saturated carbocycles. The number of halogens is 1. The lowest BCUT2D eigenvalue weighted by Gasteiger charge is -2.31. The molecule has 2 aromatic rings. The van der Waals surface area contributed by atoms with Crippen LogP contribution in [0.15, 0.2) is 18.6 Å². The number of carbonyl (C=O) groups excluding carboxylic acids is 2. The number of hydroxylamine groups is 2. The summed E-state index contributed by atoms with van der Waals surface area (Å²) in [5.74, 6) is -0.856. The summed E-state index contributed by atoms with van der Waals surface area (Å²) in [6, 6.07) is 1.75. The Bertz CT molecular complexity index is 883. The third-order valence-electron chi connectivity index (χ3n) is 4.78. The van der Waals surface area contributed by atoms with Gasteiger partial charge in [-0.15, -0.1) is 0 Å². The molecule has 1 aliphatic rings. The third kappa shape index (κ3) is 3.26. The number of nitrogens with zero attached hydrogens (tertiary/aromatic N) is 4. The van der Waals surface area contributed by atoms with Gasteiger partial charge in [0, 0.05) is 25.6 Å². The first kappa shape index (κ1) is 19.5. The van der Waals surface area contributed by atoms with Crippen LogP contribution in [0.1, 0.15) is 27.0 Å². The average molecular weight is 397 g/mol. The second-order valence-corrected chi connectivity index (χ2v) is 7.26. The topological polar surface area (TPSA) is 95.8 Å². The Morgan fingerprint density at radius 3 is 2.70 bits per heavy atom. The van der Waals surface area contributed by atoms with Gasteiger partial charge in [-0.05, 0) is 6.07 Å². The highest BCUT2D eigenvalue weighted by atomic mass is 35.5. The van der Waals surface area contributed by atoms with E-state index >= 15 is 0 Å². The van der Waals surface area contributed by atoms with Gasteiger partial charge in [-0.3, -0.25) is 14.4 Å². The van der Waals surface area contributed by atoms with Crippen molar-refractivity contribution >= 4 is 34.5 Å². The average Bonchev–Trinajstić information content (AvgIpc) is 3.14. The molecule has 0 aliphatic carbocycles. The van der Waals surface area contributed by atoms with E-state index < -0.39 is 29.8 Å². The molecule has 146 valence electrons. The van der Waals surface area contributed by atoms with Crippen molar-refractivity contribution in [3.8, 4) is 0 Å². The minimum Gasteiger partial charge on any atom is -0.457 e. The third-order valence-corrected chi connectivity index (χ3v) is 5.08. The molecule has 0 aromatic carbocycles. The fourth-order valence-corrected chi connectivity index (χ4v) is 3.47. The number of hydrogen-bond acceptors (Lipinski definition) is 7. The van der Waals surface area contributed by atoms with Crippen molar-refractivity contribution in [2.75, 3.05) is 14.2 Å². The fourth-order valence-electron chi connectivity index (χ4n) is 3.28. The summed E-state index contributed by atoms with van der Waals surface area (Å²) in [5.41, 5.74) is -0.311. The Morgan fingerprint density at radius 1 is 1.37 bits per heavy atom. The maximum Gasteiger partial charge on any atom is 0.303 e. The number of likely N-dealkylation sites (N-methyl/N-ethyl adjacent to an activating group) is 1. The molecule has 3 heterocycles. The maximum atomic E-state index is 12.7. The zero-order chi connectivity index (χ0) is 19.9. The first-order chi connectivity index (χ1) is 12.7. The molecule has 3 rings (SSSR count). The number of amides is 1. The van der Waals surface area contributed by atoms with Crippen LogP contribution in [0, 0.1) is 5.41 Å². The smallest absolute Gasteiger partial charge is 0.303 e. The van der Waals surface area contributed by atoms with E-state index in [0.717, 1.165) is 5.06 Å². The molecule has 27 heavy (non-hydrogen) atoms. The zero-order valence-electron chi connectivity index (χ0n) is 15.7. The molecule has 1 aliphatic heterocycles. The molecular formula is C17H21ClN4O5. The van der Waals surface area contributed by atoms with Crippen LogP contribution in [-0.4, -0.2) is 57.8 Å². The lowest BCUT2D eigenvalue weighted by atomic mass is 9.81. The van der Waals surface area contributed by atoms with Crippen molar-refractivity contribution in [2.45, 2.75) is 39.2 Å². The first-order valence-electron chi connectivity index (χ1n) is 8.30. The molecule has 3 atom stereocenters. The SMILES string of the molecule is CON(C)C(=O)[C@H]1OC(n2ccc3c(Cl)ncnc32)C(OC(C)=O)C1(C)C. The van der Waals surface area contributed by atoms with Gasteiger partial charge in [0.15, 0.2) is 12.3 Å². The number of aromatic nitrogens is 3. The predicted octanol–water partition coefficient (Wildman–Crippen LogP) is 1.96. The number of rotatable bonds is 4. The monoisotopic (exact) mass is 396 g/mol. The van der Waals surface area contributed by atoms with Gasteiger partial charge in [0.1, 0.15) is 23.2 Å². The minimum atomic E-state index is -0.897. The summed E-state index contributed by atoms with van der Waals surface area (Å²) in [6.07, 6.45) is 0.649. The second-order valence-electron chi connectivity index (χ2n) is 6.90. The molecule has 9 nitrogen and oxygen atoms in total. The van der Waals surface area contributed by atoms with Crippen LogP contribution in [0.5, 0.6) is 0 Å². The Labute approximate surface area is 161 Å². The number of fused-ring (bicyclic) bond motifs is 1. The first-order valence-corrected chi connectivity index (χ1v) is 8.67. The van der Waals surface area contributed by atoms with Crippen molar-refractivity contribution in [3.63, 3.8) is 0 Å². The van der Waals surface area contributed by atoms with Gasteiger partial charge in [-0.25, -0.2) is 15.0 Å². The van der Waals surface area contributed by atoms with Gasteiger partial charge in [-0.2, -0.15) is 0 Å². The lowest BCUT2D eigenvalue weighted by Crippen LogP contribution is -2.46. The van der Waals surface area contributed by atoms with Gasteiger partial charge in [0.25, 0.3) is 5.91 Å². The summed E-state index contributed by atoms with van der Waals surface area (Å²) < 4.78 is 13.3. The summed E-state index contributed by atoms with van der Waals surface area (Å²) >= 11 is 6.13. The minimum absolute atomic E-state index is 0.298. The van der Waals surface area contributed by atoms with Crippen molar-refractivity contribution in [3.05, 3.63) is 23.7 Å². The molecule has 2 aromatic heterocycles. The summed E-state index contributed by atoms with van der Waals surface area (Å²) in [4.78, 5) is 37.7. The predicted molar refractivity (Wildman–Crippen MR) is 95.6 cm³/mol. The molecule has 0 bridgehead atoms. The van der Waals surface area contributed by atoms with Gasteiger partial charge < -0.3 is 14.0 Å². The largest absolute Gasteiger partial charge is 0.457 e. The molecule has 2 unspecified atom stereocenters. The Balaban J connectivity index is 2.07.